The monoisotopic (exact) mass is 289 g/mol. The number of hydrogen-bond acceptors (Lipinski definition) is 1. The maximum absolute atomic E-state index is 6.06. The van der Waals surface area contributed by atoms with Gasteiger partial charge in [0.1, 0.15) is 0 Å². The van der Waals surface area contributed by atoms with Crippen molar-refractivity contribution < 1.29 is 0 Å². The Kier molecular flexibility index (Phi) is 3.63. The molecule has 17 heavy (non-hydrogen) atoms. The predicted octanol–water partition coefficient (Wildman–Crippen LogP) is 4.67. The van der Waals surface area contributed by atoms with Crippen molar-refractivity contribution in [1.29, 1.82) is 0 Å². The number of rotatable bonds is 1. The second kappa shape index (κ2) is 4.72. The average molecular weight is 291 g/mol. The van der Waals surface area contributed by atoms with Crippen molar-refractivity contribution in [1.82, 2.24) is 0 Å². The van der Waals surface area contributed by atoms with E-state index in [2.05, 4.69) is 30.9 Å². The van der Waals surface area contributed by atoms with Crippen LogP contribution in [0, 0.1) is 0 Å². The van der Waals surface area contributed by atoms with Crippen LogP contribution >= 0.6 is 34.8 Å². The molecule has 1 nitrogen and oxygen atoms in total. The molecule has 92 valence electrons. The lowest BCUT2D eigenvalue weighted by Gasteiger charge is -2.39. The highest BCUT2D eigenvalue weighted by atomic mass is 35.6. The van der Waals surface area contributed by atoms with Gasteiger partial charge in [-0.3, -0.25) is 0 Å². The molecule has 1 aromatic rings. The van der Waals surface area contributed by atoms with Gasteiger partial charge in [-0.25, -0.2) is 0 Å². The van der Waals surface area contributed by atoms with E-state index in [9.17, 15) is 0 Å². The number of fused-ring (bicyclic) bond motifs is 1. The summed E-state index contributed by atoms with van der Waals surface area (Å²) in [7, 11) is 0. The first-order valence-corrected chi connectivity index (χ1v) is 6.69. The van der Waals surface area contributed by atoms with Crippen LogP contribution in [-0.4, -0.2) is 16.4 Å². The third kappa shape index (κ3) is 2.42. The molecule has 1 atom stereocenters. The zero-order chi connectivity index (χ0) is 12.6. The number of likely N-dealkylation sites (N-methyl/N-ethyl adjacent to an activating group) is 1. The summed E-state index contributed by atoms with van der Waals surface area (Å²) in [5, 5.41) is 0. The van der Waals surface area contributed by atoms with Crippen LogP contribution in [0.1, 0.15) is 19.4 Å². The minimum atomic E-state index is -1.31. The molecular weight excluding hydrogens is 277 g/mol. The van der Waals surface area contributed by atoms with Crippen molar-refractivity contribution in [2.45, 2.75) is 23.7 Å². The van der Waals surface area contributed by atoms with E-state index in [0.29, 0.717) is 0 Å². The van der Waals surface area contributed by atoms with Gasteiger partial charge in [0.05, 0.1) is 6.04 Å². The van der Waals surface area contributed by atoms with Gasteiger partial charge in [-0.1, -0.05) is 59.1 Å². The van der Waals surface area contributed by atoms with Gasteiger partial charge >= 0.3 is 0 Å². The molecule has 0 fully saturated rings. The standard InChI is InChI=1S/C13H14Cl3N/c1-3-17-11-7-5-4-6-10(11)9(2)8-12(17)13(14,15)16/h4-8,12H,3H2,1-2H3. The van der Waals surface area contributed by atoms with Gasteiger partial charge in [0, 0.05) is 17.8 Å². The molecule has 0 N–H and O–H groups in total. The first kappa shape index (κ1) is 13.1. The lowest BCUT2D eigenvalue weighted by atomic mass is 9.97. The zero-order valence-electron chi connectivity index (χ0n) is 9.75. The van der Waals surface area contributed by atoms with Crippen molar-refractivity contribution in [2.24, 2.45) is 0 Å². The Hall–Kier alpha value is -0.370. The fourth-order valence-corrected chi connectivity index (χ4v) is 2.80. The van der Waals surface area contributed by atoms with E-state index in [-0.39, 0.29) is 6.04 Å². The second-order valence-corrected chi connectivity index (χ2v) is 6.51. The smallest absolute Gasteiger partial charge is 0.214 e. The molecule has 0 radical (unpaired) electrons. The van der Waals surface area contributed by atoms with Gasteiger partial charge in [-0.2, -0.15) is 0 Å². The molecule has 4 heteroatoms. The maximum Gasteiger partial charge on any atom is 0.214 e. The number of anilines is 1. The number of nitrogens with zero attached hydrogens (tertiary/aromatic N) is 1. The van der Waals surface area contributed by atoms with E-state index in [1.54, 1.807) is 0 Å². The van der Waals surface area contributed by atoms with Crippen LogP contribution in [-0.2, 0) is 0 Å². The van der Waals surface area contributed by atoms with E-state index >= 15 is 0 Å². The lowest BCUT2D eigenvalue weighted by molar-refractivity contribution is 0.708. The molecule has 1 heterocycles. The van der Waals surface area contributed by atoms with Gasteiger partial charge in [0.2, 0.25) is 3.79 Å². The van der Waals surface area contributed by atoms with Crippen molar-refractivity contribution in [3.63, 3.8) is 0 Å². The summed E-state index contributed by atoms with van der Waals surface area (Å²) in [5.74, 6) is 0. The predicted molar refractivity (Wildman–Crippen MR) is 77.2 cm³/mol. The summed E-state index contributed by atoms with van der Waals surface area (Å²) < 4.78 is -1.31. The van der Waals surface area contributed by atoms with Crippen molar-refractivity contribution in [3.8, 4) is 0 Å². The molecule has 0 amide bonds. The minimum absolute atomic E-state index is 0.215. The third-order valence-corrected chi connectivity index (χ3v) is 3.73. The van der Waals surface area contributed by atoms with Crippen LogP contribution in [0.15, 0.2) is 30.3 Å². The Balaban J connectivity index is 2.54. The van der Waals surface area contributed by atoms with Crippen LogP contribution < -0.4 is 4.90 Å². The fourth-order valence-electron chi connectivity index (χ4n) is 2.26. The summed E-state index contributed by atoms with van der Waals surface area (Å²) in [4.78, 5) is 2.12. The molecule has 1 aliphatic rings. The van der Waals surface area contributed by atoms with E-state index < -0.39 is 3.79 Å². The molecule has 0 bridgehead atoms. The number of halogens is 3. The van der Waals surface area contributed by atoms with Gasteiger partial charge < -0.3 is 4.90 Å². The van der Waals surface area contributed by atoms with Crippen LogP contribution in [0.4, 0.5) is 5.69 Å². The number of para-hydroxylation sites is 1. The quantitative estimate of drug-likeness (QED) is 0.679. The van der Waals surface area contributed by atoms with E-state index in [4.69, 9.17) is 34.8 Å². The maximum atomic E-state index is 6.06. The number of alkyl halides is 3. The minimum Gasteiger partial charge on any atom is -0.361 e. The molecule has 0 spiro atoms. The second-order valence-electron chi connectivity index (χ2n) is 4.14. The summed E-state index contributed by atoms with van der Waals surface area (Å²) >= 11 is 18.2. The van der Waals surface area contributed by atoms with Crippen LogP contribution in [0.5, 0.6) is 0 Å². The summed E-state index contributed by atoms with van der Waals surface area (Å²) in [6.07, 6.45) is 2.03. The number of benzene rings is 1. The Morgan fingerprint density at radius 3 is 2.47 bits per heavy atom. The normalized spacial score (nSPS) is 19.9. The molecule has 0 aromatic heterocycles. The molecule has 0 saturated carbocycles. The van der Waals surface area contributed by atoms with Gasteiger partial charge in [-0.15, -0.1) is 0 Å². The topological polar surface area (TPSA) is 3.24 Å². The third-order valence-electron chi connectivity index (χ3n) is 3.06. The van der Waals surface area contributed by atoms with Crippen LogP contribution in [0.25, 0.3) is 5.57 Å². The van der Waals surface area contributed by atoms with E-state index in [1.807, 2.05) is 18.2 Å². The van der Waals surface area contributed by atoms with Gasteiger partial charge in [0.15, 0.2) is 0 Å². The molecule has 0 aliphatic carbocycles. The molecule has 1 unspecified atom stereocenters. The first-order chi connectivity index (χ1) is 7.95. The Bertz CT molecular complexity index is 448. The highest BCUT2D eigenvalue weighted by molar-refractivity contribution is 6.68. The molecular formula is C13H14Cl3N. The van der Waals surface area contributed by atoms with Crippen LogP contribution in [0.2, 0.25) is 0 Å². The van der Waals surface area contributed by atoms with E-state index in [1.165, 1.54) is 5.56 Å². The van der Waals surface area contributed by atoms with Crippen molar-refractivity contribution >= 4 is 46.1 Å². The van der Waals surface area contributed by atoms with Crippen LogP contribution in [0.3, 0.4) is 0 Å². The molecule has 1 aromatic carbocycles. The Morgan fingerprint density at radius 2 is 1.88 bits per heavy atom. The highest BCUT2D eigenvalue weighted by Gasteiger charge is 2.38. The van der Waals surface area contributed by atoms with Gasteiger partial charge in [0.25, 0.3) is 0 Å². The van der Waals surface area contributed by atoms with E-state index in [0.717, 1.165) is 17.8 Å². The number of hydrogen-bond donors (Lipinski definition) is 0. The Morgan fingerprint density at radius 1 is 1.24 bits per heavy atom. The largest absolute Gasteiger partial charge is 0.361 e. The molecule has 1 aliphatic heterocycles. The number of allylic oxidation sites excluding steroid dienone is 1. The zero-order valence-corrected chi connectivity index (χ0v) is 12.0. The fraction of sp³-hybridized carbons (Fsp3) is 0.385. The summed E-state index contributed by atoms with van der Waals surface area (Å²) in [6, 6.07) is 7.99. The van der Waals surface area contributed by atoms with Crippen molar-refractivity contribution in [3.05, 3.63) is 35.9 Å². The first-order valence-electron chi connectivity index (χ1n) is 5.56. The molecule has 2 rings (SSSR count). The summed E-state index contributed by atoms with van der Waals surface area (Å²) in [5.41, 5.74) is 3.49. The average Bonchev–Trinajstić information content (AvgIpc) is 2.28. The molecule has 0 saturated heterocycles. The SMILES string of the molecule is CCN1c2ccccc2C(C)=CC1C(Cl)(Cl)Cl. The highest BCUT2D eigenvalue weighted by Crippen LogP contribution is 2.42. The Labute approximate surface area is 117 Å². The summed E-state index contributed by atoms with van der Waals surface area (Å²) in [6.45, 7) is 4.92. The van der Waals surface area contributed by atoms with Gasteiger partial charge in [-0.05, 0) is 25.5 Å². The lowest BCUT2D eigenvalue weighted by Crippen LogP contribution is -2.45. The van der Waals surface area contributed by atoms with Crippen molar-refractivity contribution in [2.75, 3.05) is 11.4 Å².